The van der Waals surface area contributed by atoms with Crippen LogP contribution >= 0.6 is 11.6 Å². The molecule has 21 heavy (non-hydrogen) atoms. The van der Waals surface area contributed by atoms with Gasteiger partial charge in [-0.3, -0.25) is 14.9 Å². The van der Waals surface area contributed by atoms with E-state index in [1.54, 1.807) is 0 Å². The molecule has 7 nitrogen and oxygen atoms in total. The highest BCUT2D eigenvalue weighted by Gasteiger charge is 2.32. The van der Waals surface area contributed by atoms with Crippen LogP contribution in [0, 0.1) is 10.1 Å². The van der Waals surface area contributed by atoms with Gasteiger partial charge < -0.3 is 5.32 Å². The van der Waals surface area contributed by atoms with Crippen molar-refractivity contribution < 1.29 is 18.1 Å². The molecule has 116 valence electrons. The fourth-order valence-electron chi connectivity index (χ4n) is 1.40. The molecular formula is C12H15ClN2O5S. The maximum absolute atomic E-state index is 12.0. The van der Waals surface area contributed by atoms with Gasteiger partial charge in [-0.25, -0.2) is 8.42 Å². The van der Waals surface area contributed by atoms with Gasteiger partial charge >= 0.3 is 5.69 Å². The second-order valence-corrected chi connectivity index (χ2v) is 8.16. The molecule has 0 bridgehead atoms. The number of halogens is 1. The largest absolute Gasteiger partial charge is 0.350 e. The third-order valence-electron chi connectivity index (χ3n) is 3.09. The van der Waals surface area contributed by atoms with E-state index in [4.69, 9.17) is 11.6 Å². The Hall–Kier alpha value is -1.67. The maximum atomic E-state index is 12.0. The van der Waals surface area contributed by atoms with Crippen molar-refractivity contribution >= 4 is 33.0 Å². The van der Waals surface area contributed by atoms with Gasteiger partial charge in [0.1, 0.15) is 10.6 Å². The van der Waals surface area contributed by atoms with Crippen LogP contribution in [0.5, 0.6) is 0 Å². The zero-order chi connectivity index (χ0) is 16.4. The van der Waals surface area contributed by atoms with Crippen molar-refractivity contribution in [1.29, 1.82) is 0 Å². The van der Waals surface area contributed by atoms with E-state index >= 15 is 0 Å². The molecule has 1 aromatic carbocycles. The lowest BCUT2D eigenvalue weighted by molar-refractivity contribution is -0.385. The molecule has 0 aromatic heterocycles. The molecule has 1 N–H and O–H groups in total. The summed E-state index contributed by atoms with van der Waals surface area (Å²) in [6, 6.07) is 3.97. The Morgan fingerprint density at radius 1 is 1.43 bits per heavy atom. The molecule has 0 saturated carbocycles. The van der Waals surface area contributed by atoms with Gasteiger partial charge in [-0.15, -0.1) is 0 Å². The first-order chi connectivity index (χ1) is 9.47. The second-order valence-electron chi connectivity index (χ2n) is 5.11. The average molecular weight is 335 g/mol. The minimum Gasteiger partial charge on any atom is -0.350 e. The zero-order valence-corrected chi connectivity index (χ0v) is 13.3. The van der Waals surface area contributed by atoms with Crippen LogP contribution in [-0.4, -0.2) is 36.8 Å². The van der Waals surface area contributed by atoms with Crippen molar-refractivity contribution in [2.75, 3.05) is 12.8 Å². The number of hydrogen-bond acceptors (Lipinski definition) is 5. The number of nitro benzene ring substituents is 1. The van der Waals surface area contributed by atoms with Crippen LogP contribution in [0.15, 0.2) is 18.2 Å². The molecule has 0 radical (unpaired) electrons. The number of rotatable bonds is 5. The third kappa shape index (κ3) is 3.92. The maximum Gasteiger partial charge on any atom is 0.300 e. The van der Waals surface area contributed by atoms with Crippen molar-refractivity contribution in [3.8, 4) is 0 Å². The van der Waals surface area contributed by atoms with Crippen LogP contribution in [0.3, 0.4) is 0 Å². The zero-order valence-electron chi connectivity index (χ0n) is 11.7. The summed E-state index contributed by atoms with van der Waals surface area (Å²) in [7, 11) is -3.39. The lowest BCUT2D eigenvalue weighted by Crippen LogP contribution is -2.43. The Bertz CT molecular complexity index is 685. The molecule has 0 spiro atoms. The van der Waals surface area contributed by atoms with Gasteiger partial charge in [-0.1, -0.05) is 17.7 Å². The van der Waals surface area contributed by atoms with Crippen LogP contribution in [0.2, 0.25) is 5.02 Å². The van der Waals surface area contributed by atoms with Crippen LogP contribution in [0.1, 0.15) is 24.2 Å². The van der Waals surface area contributed by atoms with Crippen LogP contribution < -0.4 is 5.32 Å². The van der Waals surface area contributed by atoms with Gasteiger partial charge in [-0.2, -0.15) is 0 Å². The first-order valence-corrected chi connectivity index (χ1v) is 8.15. The van der Waals surface area contributed by atoms with E-state index in [2.05, 4.69) is 5.32 Å². The van der Waals surface area contributed by atoms with E-state index in [9.17, 15) is 23.3 Å². The smallest absolute Gasteiger partial charge is 0.300 e. The van der Waals surface area contributed by atoms with Crippen molar-refractivity contribution in [3.05, 3.63) is 38.9 Å². The van der Waals surface area contributed by atoms with Gasteiger partial charge in [0.05, 0.1) is 9.67 Å². The van der Waals surface area contributed by atoms with E-state index in [1.807, 2.05) is 0 Å². The van der Waals surface area contributed by atoms with Crippen LogP contribution in [-0.2, 0) is 9.84 Å². The molecule has 0 fully saturated rings. The average Bonchev–Trinajstić information content (AvgIpc) is 2.33. The van der Waals surface area contributed by atoms with E-state index in [0.29, 0.717) is 0 Å². The summed E-state index contributed by atoms with van der Waals surface area (Å²) in [4.78, 5) is 22.2. The number of hydrogen-bond donors (Lipinski definition) is 1. The van der Waals surface area contributed by atoms with Gasteiger partial charge in [0, 0.05) is 12.8 Å². The lowest BCUT2D eigenvalue weighted by atomic mass is 10.1. The van der Waals surface area contributed by atoms with E-state index in [-0.39, 0.29) is 17.1 Å². The minimum atomic E-state index is -3.39. The van der Waals surface area contributed by atoms with Crippen molar-refractivity contribution in [3.63, 3.8) is 0 Å². The standard InChI is InChI=1S/C12H15ClN2O5S/c1-12(2,21(3,19)20)7-14-11(16)8-5-4-6-9(13)10(8)15(17)18/h4-6H,7H2,1-3H3,(H,14,16). The molecular weight excluding hydrogens is 320 g/mol. The molecule has 0 aliphatic rings. The molecule has 0 aliphatic heterocycles. The number of benzene rings is 1. The number of nitrogens with zero attached hydrogens (tertiary/aromatic N) is 1. The van der Waals surface area contributed by atoms with E-state index in [1.165, 1.54) is 32.0 Å². The topological polar surface area (TPSA) is 106 Å². The van der Waals surface area contributed by atoms with Crippen molar-refractivity contribution in [2.24, 2.45) is 0 Å². The highest BCUT2D eigenvalue weighted by Crippen LogP contribution is 2.28. The number of carbonyl (C=O) groups is 1. The molecule has 0 aliphatic carbocycles. The van der Waals surface area contributed by atoms with Gasteiger partial charge in [0.2, 0.25) is 0 Å². The molecule has 0 unspecified atom stereocenters. The van der Waals surface area contributed by atoms with Gasteiger partial charge in [0.15, 0.2) is 9.84 Å². The fraction of sp³-hybridized carbons (Fsp3) is 0.417. The number of nitro groups is 1. The molecule has 0 heterocycles. The number of amides is 1. The van der Waals surface area contributed by atoms with Gasteiger partial charge in [-0.05, 0) is 26.0 Å². The molecule has 0 atom stereocenters. The molecule has 1 amide bonds. The summed E-state index contributed by atoms with van der Waals surface area (Å²) in [5.41, 5.74) is -0.717. The van der Waals surface area contributed by atoms with E-state index < -0.39 is 31.1 Å². The number of para-hydroxylation sites is 1. The Morgan fingerprint density at radius 3 is 2.48 bits per heavy atom. The van der Waals surface area contributed by atoms with E-state index in [0.717, 1.165) is 6.26 Å². The Labute approximate surface area is 127 Å². The highest BCUT2D eigenvalue weighted by atomic mass is 35.5. The SMILES string of the molecule is CC(C)(CNC(=O)c1cccc(Cl)c1[N+](=O)[O-])S(C)(=O)=O. The van der Waals surface area contributed by atoms with Crippen LogP contribution in [0.4, 0.5) is 5.69 Å². The quantitative estimate of drug-likeness (QED) is 0.652. The molecule has 1 rings (SSSR count). The predicted octanol–water partition coefficient (Wildman–Crippen LogP) is 1.80. The summed E-state index contributed by atoms with van der Waals surface area (Å²) < 4.78 is 21.9. The summed E-state index contributed by atoms with van der Waals surface area (Å²) in [5, 5.41) is 13.2. The highest BCUT2D eigenvalue weighted by molar-refractivity contribution is 7.92. The number of sulfone groups is 1. The summed E-state index contributed by atoms with van der Waals surface area (Å²) in [6.45, 7) is 2.73. The third-order valence-corrected chi connectivity index (χ3v) is 5.55. The Morgan fingerprint density at radius 2 is 2.00 bits per heavy atom. The number of nitrogens with one attached hydrogen (secondary N) is 1. The normalized spacial score (nSPS) is 12.0. The summed E-state index contributed by atoms with van der Waals surface area (Å²) >= 11 is 5.71. The van der Waals surface area contributed by atoms with Gasteiger partial charge in [0.25, 0.3) is 5.91 Å². The predicted molar refractivity (Wildman–Crippen MR) is 79.4 cm³/mol. The fourth-order valence-corrected chi connectivity index (χ4v) is 1.98. The minimum absolute atomic E-state index is 0.157. The Balaban J connectivity index is 3.02. The summed E-state index contributed by atoms with van der Waals surface area (Å²) in [6.07, 6.45) is 1.06. The second kappa shape index (κ2) is 5.98. The first-order valence-electron chi connectivity index (χ1n) is 5.88. The summed E-state index contributed by atoms with van der Waals surface area (Å²) in [5.74, 6) is -0.749. The molecule has 0 saturated heterocycles. The monoisotopic (exact) mass is 334 g/mol. The van der Waals surface area contributed by atoms with Crippen LogP contribution in [0.25, 0.3) is 0 Å². The van der Waals surface area contributed by atoms with Crippen molar-refractivity contribution in [2.45, 2.75) is 18.6 Å². The Kier molecular flexibility index (Phi) is 4.95. The molecule has 9 heteroatoms. The first kappa shape index (κ1) is 17.4. The lowest BCUT2D eigenvalue weighted by Gasteiger charge is -2.22. The molecule has 1 aromatic rings. The van der Waals surface area contributed by atoms with Crippen molar-refractivity contribution in [1.82, 2.24) is 5.32 Å². The number of carbonyl (C=O) groups excluding carboxylic acids is 1.